The van der Waals surface area contributed by atoms with E-state index in [4.69, 9.17) is 31.2 Å². The van der Waals surface area contributed by atoms with Gasteiger partial charge in [0.25, 0.3) is 0 Å². The van der Waals surface area contributed by atoms with E-state index < -0.39 is 0 Å². The number of halogens is 2. The van der Waals surface area contributed by atoms with Crippen molar-refractivity contribution in [1.82, 2.24) is 10.2 Å². The van der Waals surface area contributed by atoms with Crippen LogP contribution in [-0.2, 0) is 6.61 Å². The highest BCUT2D eigenvalue weighted by Gasteiger charge is 2.12. The Labute approximate surface area is 169 Å². The highest BCUT2D eigenvalue weighted by atomic mass is 127. The predicted octanol–water partition coefficient (Wildman–Crippen LogP) is 4.67. The number of anilines is 1. The third-order valence-electron chi connectivity index (χ3n) is 3.46. The zero-order valence-electron chi connectivity index (χ0n) is 13.8. The number of nitrogens with zero attached hydrogens (tertiary/aromatic N) is 2. The number of methoxy groups -OCH3 is 1. The number of nitrogen functional groups attached to an aromatic ring is 1. The van der Waals surface area contributed by atoms with Crippen LogP contribution in [0.25, 0.3) is 12.2 Å². The van der Waals surface area contributed by atoms with Gasteiger partial charge in [0, 0.05) is 16.7 Å². The third kappa shape index (κ3) is 4.47. The Hall–Kier alpha value is -2.26. The lowest BCUT2D eigenvalue weighted by molar-refractivity contribution is 0.282. The Kier molecular flexibility index (Phi) is 6.00. The van der Waals surface area contributed by atoms with Gasteiger partial charge in [0.2, 0.25) is 5.89 Å². The summed E-state index contributed by atoms with van der Waals surface area (Å²) in [7, 11) is 1.60. The molecule has 0 spiro atoms. The van der Waals surface area contributed by atoms with Gasteiger partial charge in [0.05, 0.1) is 10.7 Å². The molecule has 1 heterocycles. The normalized spacial score (nSPS) is 11.0. The highest BCUT2D eigenvalue weighted by molar-refractivity contribution is 14.1. The number of ether oxygens (including phenoxy) is 2. The van der Waals surface area contributed by atoms with E-state index in [0.29, 0.717) is 29.0 Å². The van der Waals surface area contributed by atoms with E-state index in [1.165, 1.54) is 0 Å². The van der Waals surface area contributed by atoms with Gasteiger partial charge in [-0.05, 0) is 52.4 Å². The standard InChI is InChI=1S/C18H15ClIN3O3/c1-24-15-9-11(6-7-16-22-23-18(21)26-16)8-14(20)17(15)25-10-12-4-2-3-5-13(12)19/h2-9H,10H2,1H3,(H2,21,23)/b7-6+. The molecule has 0 aliphatic heterocycles. The summed E-state index contributed by atoms with van der Waals surface area (Å²) in [4.78, 5) is 0. The Morgan fingerprint density at radius 2 is 2.04 bits per heavy atom. The molecule has 3 rings (SSSR count). The van der Waals surface area contributed by atoms with E-state index in [9.17, 15) is 0 Å². The molecule has 0 saturated carbocycles. The van der Waals surface area contributed by atoms with Gasteiger partial charge in [-0.2, -0.15) is 0 Å². The molecule has 0 unspecified atom stereocenters. The van der Waals surface area contributed by atoms with Crippen molar-refractivity contribution in [3.8, 4) is 11.5 Å². The first-order valence-corrected chi connectivity index (χ1v) is 9.03. The topological polar surface area (TPSA) is 83.4 Å². The fraction of sp³-hybridized carbons (Fsp3) is 0.111. The van der Waals surface area contributed by atoms with E-state index in [1.807, 2.05) is 42.5 Å². The van der Waals surface area contributed by atoms with Gasteiger partial charge in [-0.1, -0.05) is 34.9 Å². The largest absolute Gasteiger partial charge is 0.493 e. The maximum Gasteiger partial charge on any atom is 0.313 e. The van der Waals surface area contributed by atoms with Gasteiger partial charge < -0.3 is 19.6 Å². The van der Waals surface area contributed by atoms with E-state index in [-0.39, 0.29) is 6.01 Å². The zero-order valence-corrected chi connectivity index (χ0v) is 16.7. The molecule has 0 saturated heterocycles. The minimum absolute atomic E-state index is 0.0279. The van der Waals surface area contributed by atoms with Crippen LogP contribution in [-0.4, -0.2) is 17.3 Å². The minimum atomic E-state index is 0.0279. The number of rotatable bonds is 6. The fourth-order valence-corrected chi connectivity index (χ4v) is 3.19. The molecule has 0 radical (unpaired) electrons. The molecule has 6 nitrogen and oxygen atoms in total. The number of hydrogen-bond donors (Lipinski definition) is 1. The summed E-state index contributed by atoms with van der Waals surface area (Å²) in [5, 5.41) is 8.06. The van der Waals surface area contributed by atoms with Crippen molar-refractivity contribution >= 4 is 52.4 Å². The maximum atomic E-state index is 6.18. The first-order chi connectivity index (χ1) is 12.6. The third-order valence-corrected chi connectivity index (χ3v) is 4.63. The van der Waals surface area contributed by atoms with Crippen LogP contribution in [0.15, 0.2) is 40.8 Å². The predicted molar refractivity (Wildman–Crippen MR) is 109 cm³/mol. The van der Waals surface area contributed by atoms with Crippen LogP contribution in [0.2, 0.25) is 5.02 Å². The van der Waals surface area contributed by atoms with Crippen LogP contribution in [0.4, 0.5) is 6.01 Å². The summed E-state index contributed by atoms with van der Waals surface area (Å²) in [6.45, 7) is 0.350. The Morgan fingerprint density at radius 1 is 1.23 bits per heavy atom. The molecule has 8 heteroatoms. The Morgan fingerprint density at radius 3 is 2.73 bits per heavy atom. The van der Waals surface area contributed by atoms with Crippen LogP contribution >= 0.6 is 34.2 Å². The molecule has 0 fully saturated rings. The lowest BCUT2D eigenvalue weighted by atomic mass is 10.2. The zero-order chi connectivity index (χ0) is 18.5. The second kappa shape index (κ2) is 8.41. The maximum absolute atomic E-state index is 6.18. The smallest absolute Gasteiger partial charge is 0.313 e. The summed E-state index contributed by atoms with van der Waals surface area (Å²) in [6.07, 6.45) is 3.51. The molecule has 3 aromatic rings. The van der Waals surface area contributed by atoms with Gasteiger partial charge in [-0.15, -0.1) is 5.10 Å². The van der Waals surface area contributed by atoms with Gasteiger partial charge in [0.1, 0.15) is 6.61 Å². The first kappa shape index (κ1) is 18.5. The second-order valence-corrected chi connectivity index (χ2v) is 6.80. The molecule has 0 aliphatic rings. The average molecular weight is 484 g/mol. The number of hydrogen-bond acceptors (Lipinski definition) is 6. The van der Waals surface area contributed by atoms with Crippen molar-refractivity contribution in [3.05, 3.63) is 62.0 Å². The molecule has 2 aromatic carbocycles. The van der Waals surface area contributed by atoms with Crippen LogP contribution in [0.5, 0.6) is 11.5 Å². The van der Waals surface area contributed by atoms with Crippen LogP contribution in [0, 0.1) is 3.57 Å². The summed E-state index contributed by atoms with van der Waals surface area (Å²) in [6, 6.07) is 11.4. The van der Waals surface area contributed by atoms with Crippen LogP contribution in [0.3, 0.4) is 0 Å². The van der Waals surface area contributed by atoms with E-state index >= 15 is 0 Å². The fourth-order valence-electron chi connectivity index (χ4n) is 2.22. The number of nitrogens with two attached hydrogens (primary N) is 1. The highest BCUT2D eigenvalue weighted by Crippen LogP contribution is 2.35. The summed E-state index contributed by atoms with van der Waals surface area (Å²) in [5.74, 6) is 1.61. The van der Waals surface area contributed by atoms with Crippen molar-refractivity contribution in [3.63, 3.8) is 0 Å². The van der Waals surface area contributed by atoms with Crippen LogP contribution in [0.1, 0.15) is 17.0 Å². The lowest BCUT2D eigenvalue weighted by Gasteiger charge is -2.14. The van der Waals surface area contributed by atoms with Gasteiger partial charge >= 0.3 is 6.01 Å². The molecule has 0 amide bonds. The van der Waals surface area contributed by atoms with Gasteiger partial charge in [0.15, 0.2) is 11.5 Å². The molecule has 0 atom stereocenters. The molecular weight excluding hydrogens is 469 g/mol. The summed E-state index contributed by atoms with van der Waals surface area (Å²) >= 11 is 8.38. The quantitative estimate of drug-likeness (QED) is 0.513. The van der Waals surface area contributed by atoms with E-state index in [0.717, 1.165) is 14.7 Å². The molecular formula is C18H15ClIN3O3. The molecule has 1 aromatic heterocycles. The monoisotopic (exact) mass is 483 g/mol. The van der Waals surface area contributed by atoms with E-state index in [2.05, 4.69) is 32.8 Å². The minimum Gasteiger partial charge on any atom is -0.493 e. The van der Waals surface area contributed by atoms with Crippen molar-refractivity contribution in [1.29, 1.82) is 0 Å². The van der Waals surface area contributed by atoms with Gasteiger partial charge in [-0.3, -0.25) is 0 Å². The lowest BCUT2D eigenvalue weighted by Crippen LogP contribution is -2.00. The first-order valence-electron chi connectivity index (χ1n) is 7.57. The SMILES string of the molecule is COc1cc(/C=C/c2nnc(N)o2)cc(I)c1OCc1ccccc1Cl. The Balaban J connectivity index is 1.81. The Bertz CT molecular complexity index is 943. The molecule has 0 bridgehead atoms. The molecule has 134 valence electrons. The average Bonchev–Trinajstić information content (AvgIpc) is 3.05. The van der Waals surface area contributed by atoms with Crippen molar-refractivity contribution in [2.24, 2.45) is 0 Å². The van der Waals surface area contributed by atoms with Gasteiger partial charge in [-0.25, -0.2) is 0 Å². The molecule has 0 aliphatic carbocycles. The van der Waals surface area contributed by atoms with Crippen molar-refractivity contribution in [2.75, 3.05) is 12.8 Å². The van der Waals surface area contributed by atoms with Crippen LogP contribution < -0.4 is 15.2 Å². The molecule has 26 heavy (non-hydrogen) atoms. The van der Waals surface area contributed by atoms with Crippen molar-refractivity contribution < 1.29 is 13.9 Å². The molecule has 2 N–H and O–H groups in total. The second-order valence-electron chi connectivity index (χ2n) is 5.23. The van der Waals surface area contributed by atoms with Crippen molar-refractivity contribution in [2.45, 2.75) is 6.61 Å². The van der Waals surface area contributed by atoms with E-state index in [1.54, 1.807) is 13.2 Å². The number of benzene rings is 2. The summed E-state index contributed by atoms with van der Waals surface area (Å²) < 4.78 is 17.4. The number of aromatic nitrogens is 2. The summed E-state index contributed by atoms with van der Waals surface area (Å²) in [5.41, 5.74) is 7.21.